The molecule has 0 bridgehead atoms. The number of hydrogen-bond donors (Lipinski definition) is 2. The van der Waals surface area contributed by atoms with Crippen LogP contribution in [-0.2, 0) is 6.54 Å². The molecule has 1 fully saturated rings. The third-order valence-corrected chi connectivity index (χ3v) is 4.17. The molecule has 2 rings (SSSR count). The van der Waals surface area contributed by atoms with Gasteiger partial charge in [0.25, 0.3) is 0 Å². The fourth-order valence-corrected chi connectivity index (χ4v) is 3.31. The van der Waals surface area contributed by atoms with Crippen LogP contribution >= 0.6 is 11.3 Å². The van der Waals surface area contributed by atoms with Gasteiger partial charge in [-0.15, -0.1) is 0 Å². The second-order valence-electron chi connectivity index (χ2n) is 4.80. The number of nitrogens with one attached hydrogen (secondary N) is 2. The minimum atomic E-state index is 0.380. The minimum Gasteiger partial charge on any atom is -0.311 e. The smallest absolute Gasteiger partial charge is 0.0306 e. The summed E-state index contributed by atoms with van der Waals surface area (Å²) in [6, 6.07) is 2.20. The fraction of sp³-hybridized carbons (Fsp3) is 0.692. The lowest BCUT2D eigenvalue weighted by molar-refractivity contribution is 0.324. The Morgan fingerprint density at radius 2 is 2.50 bits per heavy atom. The first-order chi connectivity index (χ1) is 7.85. The van der Waals surface area contributed by atoms with Crippen molar-refractivity contribution in [3.05, 3.63) is 22.4 Å². The van der Waals surface area contributed by atoms with Crippen LogP contribution in [0.15, 0.2) is 16.8 Å². The van der Waals surface area contributed by atoms with Crippen molar-refractivity contribution >= 4 is 11.3 Å². The molecule has 16 heavy (non-hydrogen) atoms. The number of thiophene rings is 1. The van der Waals surface area contributed by atoms with Crippen molar-refractivity contribution in [1.82, 2.24) is 10.6 Å². The zero-order chi connectivity index (χ0) is 11.3. The van der Waals surface area contributed by atoms with E-state index in [0.29, 0.717) is 5.54 Å². The lowest BCUT2D eigenvalue weighted by atomic mass is 9.92. The van der Waals surface area contributed by atoms with Crippen LogP contribution in [-0.4, -0.2) is 18.6 Å². The summed E-state index contributed by atoms with van der Waals surface area (Å²) in [7, 11) is 0. The number of hydrogen-bond acceptors (Lipinski definition) is 3. The molecule has 1 aliphatic rings. The van der Waals surface area contributed by atoms with E-state index in [1.165, 1.54) is 37.8 Å². The highest BCUT2D eigenvalue weighted by atomic mass is 32.1. The van der Waals surface area contributed by atoms with E-state index in [1.807, 2.05) is 0 Å². The van der Waals surface area contributed by atoms with Crippen LogP contribution in [0.25, 0.3) is 0 Å². The van der Waals surface area contributed by atoms with Crippen molar-refractivity contribution in [2.75, 3.05) is 13.1 Å². The van der Waals surface area contributed by atoms with E-state index in [1.54, 1.807) is 11.3 Å². The lowest BCUT2D eigenvalue weighted by Gasteiger charge is -2.29. The molecular formula is C13H22N2S. The van der Waals surface area contributed by atoms with Gasteiger partial charge in [0, 0.05) is 18.6 Å². The summed E-state index contributed by atoms with van der Waals surface area (Å²) in [6.07, 6.45) is 5.23. The molecule has 1 atom stereocenters. The summed E-state index contributed by atoms with van der Waals surface area (Å²) in [4.78, 5) is 0. The van der Waals surface area contributed by atoms with Gasteiger partial charge >= 0.3 is 0 Å². The van der Waals surface area contributed by atoms with E-state index in [2.05, 4.69) is 34.4 Å². The quantitative estimate of drug-likeness (QED) is 0.796. The molecule has 0 radical (unpaired) electrons. The van der Waals surface area contributed by atoms with Gasteiger partial charge in [-0.2, -0.15) is 11.3 Å². The van der Waals surface area contributed by atoms with Gasteiger partial charge in [0.15, 0.2) is 0 Å². The first kappa shape index (κ1) is 12.1. The van der Waals surface area contributed by atoms with Gasteiger partial charge in [-0.05, 0) is 48.2 Å². The second kappa shape index (κ2) is 5.80. The zero-order valence-electron chi connectivity index (χ0n) is 10.1. The molecule has 1 unspecified atom stereocenters. The Kier molecular flexibility index (Phi) is 4.38. The van der Waals surface area contributed by atoms with Crippen LogP contribution in [0, 0.1) is 0 Å². The van der Waals surface area contributed by atoms with Gasteiger partial charge in [0.05, 0.1) is 0 Å². The SMILES string of the molecule is CCCC1(CNCc2ccsc2)CCCN1. The normalized spacial score (nSPS) is 25.1. The van der Waals surface area contributed by atoms with Crippen molar-refractivity contribution in [2.45, 2.75) is 44.7 Å². The fourth-order valence-electron chi connectivity index (χ4n) is 2.64. The van der Waals surface area contributed by atoms with E-state index in [-0.39, 0.29) is 0 Å². The van der Waals surface area contributed by atoms with Gasteiger partial charge in [-0.25, -0.2) is 0 Å². The Hall–Kier alpha value is -0.380. The van der Waals surface area contributed by atoms with Crippen LogP contribution in [0.4, 0.5) is 0 Å². The Morgan fingerprint density at radius 1 is 1.56 bits per heavy atom. The zero-order valence-corrected chi connectivity index (χ0v) is 10.9. The highest BCUT2D eigenvalue weighted by molar-refractivity contribution is 7.07. The van der Waals surface area contributed by atoms with Crippen molar-refractivity contribution < 1.29 is 0 Å². The van der Waals surface area contributed by atoms with Gasteiger partial charge in [0.1, 0.15) is 0 Å². The monoisotopic (exact) mass is 238 g/mol. The molecule has 0 aromatic carbocycles. The van der Waals surface area contributed by atoms with E-state index in [9.17, 15) is 0 Å². The Labute approximate surface area is 102 Å². The molecule has 90 valence electrons. The van der Waals surface area contributed by atoms with Gasteiger partial charge in [0.2, 0.25) is 0 Å². The average molecular weight is 238 g/mol. The van der Waals surface area contributed by atoms with E-state index < -0.39 is 0 Å². The third kappa shape index (κ3) is 3.06. The van der Waals surface area contributed by atoms with Crippen LogP contribution < -0.4 is 10.6 Å². The average Bonchev–Trinajstić information content (AvgIpc) is 2.90. The minimum absolute atomic E-state index is 0.380. The van der Waals surface area contributed by atoms with Crippen LogP contribution in [0.1, 0.15) is 38.2 Å². The molecule has 1 aromatic heterocycles. The van der Waals surface area contributed by atoms with E-state index in [0.717, 1.165) is 13.1 Å². The van der Waals surface area contributed by atoms with Gasteiger partial charge in [-0.1, -0.05) is 13.3 Å². The van der Waals surface area contributed by atoms with Crippen LogP contribution in [0.2, 0.25) is 0 Å². The first-order valence-corrected chi connectivity index (χ1v) is 7.26. The summed E-state index contributed by atoms with van der Waals surface area (Å²) in [6.45, 7) is 5.59. The molecule has 0 saturated carbocycles. The molecule has 2 N–H and O–H groups in total. The molecule has 2 heterocycles. The Morgan fingerprint density at radius 3 is 3.12 bits per heavy atom. The molecule has 2 nitrogen and oxygen atoms in total. The molecule has 1 saturated heterocycles. The topological polar surface area (TPSA) is 24.1 Å². The lowest BCUT2D eigenvalue weighted by Crippen LogP contribution is -2.48. The first-order valence-electron chi connectivity index (χ1n) is 6.31. The van der Waals surface area contributed by atoms with Gasteiger partial charge < -0.3 is 10.6 Å². The molecule has 0 spiro atoms. The maximum Gasteiger partial charge on any atom is 0.0306 e. The summed E-state index contributed by atoms with van der Waals surface area (Å²) in [5.74, 6) is 0. The van der Waals surface area contributed by atoms with Gasteiger partial charge in [-0.3, -0.25) is 0 Å². The van der Waals surface area contributed by atoms with E-state index in [4.69, 9.17) is 0 Å². The van der Waals surface area contributed by atoms with Crippen LogP contribution in [0.3, 0.4) is 0 Å². The second-order valence-corrected chi connectivity index (χ2v) is 5.58. The third-order valence-electron chi connectivity index (χ3n) is 3.43. The number of rotatable bonds is 6. The highest BCUT2D eigenvalue weighted by Crippen LogP contribution is 2.23. The standard InChI is InChI=1S/C13H22N2S/c1-2-5-13(6-3-7-15-13)11-14-9-12-4-8-16-10-12/h4,8,10,14-15H,2-3,5-7,9,11H2,1H3. The van der Waals surface area contributed by atoms with Crippen molar-refractivity contribution in [3.63, 3.8) is 0 Å². The molecule has 1 aromatic rings. The summed E-state index contributed by atoms with van der Waals surface area (Å²) < 4.78 is 0. The van der Waals surface area contributed by atoms with Crippen molar-refractivity contribution in [3.8, 4) is 0 Å². The molecular weight excluding hydrogens is 216 g/mol. The molecule has 0 aliphatic carbocycles. The Bertz CT molecular complexity index is 289. The van der Waals surface area contributed by atoms with E-state index >= 15 is 0 Å². The van der Waals surface area contributed by atoms with Crippen molar-refractivity contribution in [1.29, 1.82) is 0 Å². The van der Waals surface area contributed by atoms with Crippen molar-refractivity contribution in [2.24, 2.45) is 0 Å². The summed E-state index contributed by atoms with van der Waals surface area (Å²) in [5, 5.41) is 11.7. The van der Waals surface area contributed by atoms with Crippen LogP contribution in [0.5, 0.6) is 0 Å². The summed E-state index contributed by atoms with van der Waals surface area (Å²) >= 11 is 1.78. The largest absolute Gasteiger partial charge is 0.311 e. The molecule has 3 heteroatoms. The predicted molar refractivity (Wildman–Crippen MR) is 70.9 cm³/mol. The maximum absolute atomic E-state index is 3.69. The highest BCUT2D eigenvalue weighted by Gasteiger charge is 2.31. The molecule has 1 aliphatic heterocycles. The molecule has 0 amide bonds. The summed E-state index contributed by atoms with van der Waals surface area (Å²) in [5.41, 5.74) is 1.79. The predicted octanol–water partition coefficient (Wildman–Crippen LogP) is 2.76. The Balaban J connectivity index is 1.78. The maximum atomic E-state index is 3.69.